The fourth-order valence-corrected chi connectivity index (χ4v) is 3.61. The van der Waals surface area contributed by atoms with Crippen molar-refractivity contribution in [3.8, 4) is 28.6 Å². The number of halogens is 3. The summed E-state index contributed by atoms with van der Waals surface area (Å²) in [5, 5.41) is 8.31. The molecule has 0 aliphatic heterocycles. The van der Waals surface area contributed by atoms with Gasteiger partial charge in [-0.2, -0.15) is 4.98 Å². The van der Waals surface area contributed by atoms with Crippen molar-refractivity contribution in [2.45, 2.75) is 19.9 Å². The number of nitrogens with zero attached hydrogens (tertiary/aromatic N) is 4. The van der Waals surface area contributed by atoms with E-state index in [1.165, 1.54) is 0 Å². The zero-order valence-corrected chi connectivity index (χ0v) is 22.5. The number of anilines is 2. The molecule has 0 radical (unpaired) electrons. The molecule has 0 atom stereocenters. The summed E-state index contributed by atoms with van der Waals surface area (Å²) in [7, 11) is 3.31. The minimum absolute atomic E-state index is 0. The first-order valence-electron chi connectivity index (χ1n) is 10.8. The van der Waals surface area contributed by atoms with Crippen LogP contribution in [-0.4, -0.2) is 40.6 Å². The lowest BCUT2D eigenvalue weighted by molar-refractivity contribution is 0.187. The van der Waals surface area contributed by atoms with Gasteiger partial charge in [0.15, 0.2) is 0 Å². The molecule has 0 aliphatic rings. The highest BCUT2D eigenvalue weighted by atomic mass is 35.5. The third kappa shape index (κ3) is 7.24. The summed E-state index contributed by atoms with van der Waals surface area (Å²) in [6.07, 6.45) is 2.54. The van der Waals surface area contributed by atoms with E-state index >= 15 is 0 Å². The molecule has 4 rings (SSSR count). The summed E-state index contributed by atoms with van der Waals surface area (Å²) >= 11 is 6.26. The lowest BCUT2D eigenvalue weighted by Gasteiger charge is -2.11. The van der Waals surface area contributed by atoms with E-state index < -0.39 is 0 Å². The van der Waals surface area contributed by atoms with Gasteiger partial charge in [0, 0.05) is 49.5 Å². The lowest BCUT2D eigenvalue weighted by Crippen LogP contribution is -2.05. The van der Waals surface area contributed by atoms with Crippen LogP contribution in [0.25, 0.3) is 11.1 Å². The molecule has 0 bridgehead atoms. The van der Waals surface area contributed by atoms with Crippen LogP contribution in [0.15, 0.2) is 60.8 Å². The van der Waals surface area contributed by atoms with Crippen molar-refractivity contribution in [2.75, 3.05) is 26.1 Å². The normalized spacial score (nSPS) is 10.2. The summed E-state index contributed by atoms with van der Waals surface area (Å²) in [6.45, 7) is 3.13. The molecule has 0 unspecified atom stereocenters. The third-order valence-electron chi connectivity index (χ3n) is 5.06. The Morgan fingerprint density at radius 1 is 1.00 bits per heavy atom. The number of aromatic nitrogens is 4. The van der Waals surface area contributed by atoms with Gasteiger partial charge in [-0.25, -0.2) is 4.68 Å². The van der Waals surface area contributed by atoms with Crippen molar-refractivity contribution in [2.24, 2.45) is 0 Å². The molecule has 2 aromatic carbocycles. The van der Waals surface area contributed by atoms with Gasteiger partial charge in [-0.15, -0.1) is 29.9 Å². The van der Waals surface area contributed by atoms with E-state index in [-0.39, 0.29) is 24.8 Å². The smallest absolute Gasteiger partial charge is 0.322 e. The van der Waals surface area contributed by atoms with Gasteiger partial charge in [-0.3, -0.25) is 4.98 Å². The van der Waals surface area contributed by atoms with E-state index in [0.29, 0.717) is 35.9 Å². The Kier molecular flexibility index (Phi) is 11.3. The minimum atomic E-state index is 0. The summed E-state index contributed by atoms with van der Waals surface area (Å²) in [6, 6.07) is 17.4. The minimum Gasteiger partial charge on any atom is -0.496 e. The molecular weight excluding hydrogens is 525 g/mol. The zero-order valence-electron chi connectivity index (χ0n) is 20.1. The van der Waals surface area contributed by atoms with Crippen molar-refractivity contribution >= 4 is 48.1 Å². The SMILES string of the molecule is COCCCn1nc(Nc2ccc(-c3ccnc(C)c3)c(OC)c2)nc1Oc1ccccc1Cl.Cl.Cl. The van der Waals surface area contributed by atoms with Gasteiger partial charge in [-0.05, 0) is 55.3 Å². The molecule has 2 aromatic heterocycles. The Morgan fingerprint density at radius 3 is 2.53 bits per heavy atom. The van der Waals surface area contributed by atoms with Gasteiger partial charge in [0.25, 0.3) is 0 Å². The van der Waals surface area contributed by atoms with Crippen LogP contribution < -0.4 is 14.8 Å². The monoisotopic (exact) mass is 551 g/mol. The van der Waals surface area contributed by atoms with Crippen molar-refractivity contribution in [3.63, 3.8) is 0 Å². The number of hydrogen-bond donors (Lipinski definition) is 1. The second kappa shape index (κ2) is 13.9. The number of aryl methyl sites for hydroxylation is 2. The largest absolute Gasteiger partial charge is 0.496 e. The van der Waals surface area contributed by atoms with E-state index in [2.05, 4.69) is 20.4 Å². The number of hydrogen-bond acceptors (Lipinski definition) is 7. The Balaban J connectivity index is 0.00000228. The maximum Gasteiger partial charge on any atom is 0.322 e. The van der Waals surface area contributed by atoms with Crippen molar-refractivity contribution in [1.82, 2.24) is 19.7 Å². The fraction of sp³-hybridized carbons (Fsp3) is 0.240. The molecule has 4 aromatic rings. The van der Waals surface area contributed by atoms with Crippen LogP contribution in [0.1, 0.15) is 12.1 Å². The second-order valence-electron chi connectivity index (χ2n) is 7.55. The molecule has 8 nitrogen and oxygen atoms in total. The molecule has 0 aliphatic carbocycles. The van der Waals surface area contributed by atoms with Crippen LogP contribution in [0.2, 0.25) is 5.02 Å². The molecule has 0 saturated carbocycles. The number of methoxy groups -OCH3 is 2. The second-order valence-corrected chi connectivity index (χ2v) is 7.95. The van der Waals surface area contributed by atoms with Gasteiger partial charge >= 0.3 is 6.01 Å². The van der Waals surface area contributed by atoms with Gasteiger partial charge < -0.3 is 19.5 Å². The van der Waals surface area contributed by atoms with Crippen LogP contribution in [0.3, 0.4) is 0 Å². The first kappa shape index (κ1) is 29.2. The number of rotatable bonds is 10. The van der Waals surface area contributed by atoms with Crippen LogP contribution in [0.4, 0.5) is 11.6 Å². The Morgan fingerprint density at radius 2 is 1.81 bits per heavy atom. The molecule has 1 N–H and O–H groups in total. The molecule has 0 saturated heterocycles. The highest BCUT2D eigenvalue weighted by Crippen LogP contribution is 2.34. The zero-order chi connectivity index (χ0) is 23.9. The summed E-state index contributed by atoms with van der Waals surface area (Å²) in [5.41, 5.74) is 3.73. The van der Waals surface area contributed by atoms with Crippen molar-refractivity contribution < 1.29 is 14.2 Å². The average Bonchev–Trinajstić information content (AvgIpc) is 3.21. The molecule has 0 fully saturated rings. The number of benzene rings is 2. The van der Waals surface area contributed by atoms with E-state index in [1.54, 1.807) is 37.2 Å². The molecule has 2 heterocycles. The van der Waals surface area contributed by atoms with Crippen LogP contribution >= 0.6 is 36.4 Å². The predicted octanol–water partition coefficient (Wildman–Crippen LogP) is 6.73. The third-order valence-corrected chi connectivity index (χ3v) is 5.37. The van der Waals surface area contributed by atoms with Crippen LogP contribution in [-0.2, 0) is 11.3 Å². The van der Waals surface area contributed by atoms with Gasteiger partial charge in [0.05, 0.1) is 12.1 Å². The van der Waals surface area contributed by atoms with Gasteiger partial charge in [-0.1, -0.05) is 23.7 Å². The molecular formula is C25H28Cl3N5O3. The first-order valence-corrected chi connectivity index (χ1v) is 11.2. The summed E-state index contributed by atoms with van der Waals surface area (Å²) in [5.74, 6) is 1.63. The standard InChI is InChI=1S/C25H26ClN5O3.2ClH/c1-17-15-18(11-12-27-17)20-10-9-19(16-23(20)33-3)28-24-29-25(31(30-24)13-6-14-32-2)34-22-8-5-4-7-21(22)26;;/h4-5,7-12,15-16H,6,13-14H2,1-3H3,(H,28,30);2*1H. The first-order chi connectivity index (χ1) is 16.6. The predicted molar refractivity (Wildman–Crippen MR) is 147 cm³/mol. The Labute approximate surface area is 227 Å². The van der Waals surface area contributed by atoms with Gasteiger partial charge in [0.1, 0.15) is 11.5 Å². The number of ether oxygens (including phenoxy) is 3. The molecule has 11 heteroatoms. The van der Waals surface area contributed by atoms with E-state index in [1.807, 2.05) is 49.4 Å². The molecule has 192 valence electrons. The fourth-order valence-electron chi connectivity index (χ4n) is 3.44. The Hall–Kier alpha value is -3.04. The number of nitrogens with one attached hydrogen (secondary N) is 1. The van der Waals surface area contributed by atoms with Crippen molar-refractivity contribution in [1.29, 1.82) is 0 Å². The molecule has 0 amide bonds. The van der Waals surface area contributed by atoms with Crippen molar-refractivity contribution in [3.05, 3.63) is 71.5 Å². The van der Waals surface area contributed by atoms with Crippen LogP contribution in [0, 0.1) is 6.92 Å². The molecule has 36 heavy (non-hydrogen) atoms. The van der Waals surface area contributed by atoms with Gasteiger partial charge in [0.2, 0.25) is 5.95 Å². The van der Waals surface area contributed by atoms with E-state index in [9.17, 15) is 0 Å². The number of para-hydroxylation sites is 1. The maximum atomic E-state index is 6.26. The van der Waals surface area contributed by atoms with E-state index in [0.717, 1.165) is 34.7 Å². The molecule has 0 spiro atoms. The Bertz CT molecular complexity index is 1270. The summed E-state index contributed by atoms with van der Waals surface area (Å²) < 4.78 is 18.5. The average molecular weight is 553 g/mol. The van der Waals surface area contributed by atoms with E-state index in [4.69, 9.17) is 25.8 Å². The highest BCUT2D eigenvalue weighted by Gasteiger charge is 2.15. The summed E-state index contributed by atoms with van der Waals surface area (Å²) in [4.78, 5) is 8.81. The quantitative estimate of drug-likeness (QED) is 0.218. The lowest BCUT2D eigenvalue weighted by atomic mass is 10.0. The highest BCUT2D eigenvalue weighted by molar-refractivity contribution is 6.32. The topological polar surface area (TPSA) is 83.3 Å². The maximum absolute atomic E-state index is 6.26. The number of pyridine rings is 1. The van der Waals surface area contributed by atoms with Crippen LogP contribution in [0.5, 0.6) is 17.5 Å².